The predicted octanol–water partition coefficient (Wildman–Crippen LogP) is 4.82. The van der Waals surface area contributed by atoms with Gasteiger partial charge in [0.25, 0.3) is 0 Å². The average molecular weight is 378 g/mol. The van der Waals surface area contributed by atoms with Gasteiger partial charge in [0.2, 0.25) is 0 Å². The Morgan fingerprint density at radius 1 is 1.19 bits per heavy atom. The van der Waals surface area contributed by atoms with Crippen molar-refractivity contribution < 1.29 is 18.7 Å². The molecule has 0 saturated carbocycles. The van der Waals surface area contributed by atoms with Crippen LogP contribution in [0.5, 0.6) is 5.75 Å². The summed E-state index contributed by atoms with van der Waals surface area (Å²) in [5.41, 5.74) is 3.24. The molecule has 1 heterocycles. The third-order valence-electron chi connectivity index (χ3n) is 3.98. The molecule has 0 fully saturated rings. The van der Waals surface area contributed by atoms with Gasteiger partial charge in [0.05, 0.1) is 31.1 Å². The van der Waals surface area contributed by atoms with E-state index in [1.807, 2.05) is 38.1 Å². The highest BCUT2D eigenvalue weighted by Crippen LogP contribution is 2.51. The maximum absolute atomic E-state index is 13.1. The quantitative estimate of drug-likeness (QED) is 0.609. The van der Waals surface area contributed by atoms with E-state index < -0.39 is 7.60 Å². The monoisotopic (exact) mass is 378 g/mol. The maximum atomic E-state index is 13.1. The minimum absolute atomic E-state index is 0.174. The van der Waals surface area contributed by atoms with Crippen molar-refractivity contribution in [3.05, 3.63) is 53.3 Å². The number of phenolic OH excluding ortho intramolecular Hbond substituents is 1. The zero-order chi connectivity index (χ0) is 19.2. The molecule has 0 spiro atoms. The van der Waals surface area contributed by atoms with Crippen LogP contribution in [0.15, 0.2) is 36.7 Å². The standard InChI is InChI=1S/C19H27N2O4P/c1-5-24-26(23,25-6-2)13-18(21-17-8-7-9-20-12-17)16-10-14(3)19(22)15(4)11-16/h7-12,18,21-22H,5-6,13H2,1-4H3. The largest absolute Gasteiger partial charge is 0.507 e. The zero-order valence-electron chi connectivity index (χ0n) is 15.7. The van der Waals surface area contributed by atoms with E-state index in [0.29, 0.717) is 13.2 Å². The highest BCUT2D eigenvalue weighted by atomic mass is 31.2. The highest BCUT2D eigenvalue weighted by molar-refractivity contribution is 7.53. The van der Waals surface area contributed by atoms with E-state index in [-0.39, 0.29) is 18.0 Å². The number of hydrogen-bond acceptors (Lipinski definition) is 6. The van der Waals surface area contributed by atoms with Gasteiger partial charge in [-0.15, -0.1) is 0 Å². The van der Waals surface area contributed by atoms with Crippen LogP contribution in [0, 0.1) is 13.8 Å². The SMILES string of the molecule is CCOP(=O)(CC(Nc1cccnc1)c1cc(C)c(O)c(C)c1)OCC. The van der Waals surface area contributed by atoms with Gasteiger partial charge in [0.1, 0.15) is 5.75 Å². The number of aryl methyl sites for hydroxylation is 2. The van der Waals surface area contributed by atoms with E-state index in [4.69, 9.17) is 9.05 Å². The summed E-state index contributed by atoms with van der Waals surface area (Å²) < 4.78 is 24.0. The first-order valence-electron chi connectivity index (χ1n) is 8.73. The maximum Gasteiger partial charge on any atom is 0.333 e. The Hall–Kier alpha value is -1.88. The van der Waals surface area contributed by atoms with Gasteiger partial charge >= 0.3 is 7.60 Å². The molecular formula is C19H27N2O4P. The van der Waals surface area contributed by atoms with E-state index in [9.17, 15) is 9.67 Å². The van der Waals surface area contributed by atoms with Crippen LogP contribution in [0.25, 0.3) is 0 Å². The van der Waals surface area contributed by atoms with Gasteiger partial charge in [0.15, 0.2) is 0 Å². The Morgan fingerprint density at radius 2 is 1.81 bits per heavy atom. The van der Waals surface area contributed by atoms with E-state index in [2.05, 4.69) is 10.3 Å². The van der Waals surface area contributed by atoms with Crippen molar-refractivity contribution in [3.63, 3.8) is 0 Å². The number of hydrogen-bond donors (Lipinski definition) is 2. The molecule has 2 aromatic rings. The van der Waals surface area contributed by atoms with Gasteiger partial charge < -0.3 is 19.5 Å². The van der Waals surface area contributed by atoms with Crippen LogP contribution < -0.4 is 5.32 Å². The molecule has 26 heavy (non-hydrogen) atoms. The van der Waals surface area contributed by atoms with Gasteiger partial charge in [-0.1, -0.05) is 12.1 Å². The fourth-order valence-corrected chi connectivity index (χ4v) is 4.66. The summed E-state index contributed by atoms with van der Waals surface area (Å²) in [4.78, 5) is 4.12. The molecule has 0 saturated heterocycles. The zero-order valence-corrected chi connectivity index (χ0v) is 16.6. The fraction of sp³-hybridized carbons (Fsp3) is 0.421. The Bertz CT molecular complexity index is 734. The van der Waals surface area contributed by atoms with Crippen LogP contribution in [-0.2, 0) is 13.6 Å². The lowest BCUT2D eigenvalue weighted by molar-refractivity contribution is 0.219. The number of anilines is 1. The molecule has 2 N–H and O–H groups in total. The molecule has 1 atom stereocenters. The first-order chi connectivity index (χ1) is 12.4. The summed E-state index contributed by atoms with van der Waals surface area (Å²) in [5.74, 6) is 0.270. The third-order valence-corrected chi connectivity index (χ3v) is 6.09. The fourth-order valence-electron chi connectivity index (χ4n) is 2.83. The number of phenols is 1. The molecule has 1 aromatic heterocycles. The highest BCUT2D eigenvalue weighted by Gasteiger charge is 2.30. The Balaban J connectivity index is 2.40. The second-order valence-electron chi connectivity index (χ2n) is 6.07. The minimum Gasteiger partial charge on any atom is -0.507 e. The number of benzene rings is 1. The molecule has 1 aromatic carbocycles. The molecule has 0 amide bonds. The minimum atomic E-state index is -3.27. The number of rotatable bonds is 9. The van der Waals surface area contributed by atoms with Crippen LogP contribution >= 0.6 is 7.60 Å². The van der Waals surface area contributed by atoms with Crippen molar-refractivity contribution >= 4 is 13.3 Å². The molecule has 6 nitrogen and oxygen atoms in total. The van der Waals surface area contributed by atoms with Crippen molar-refractivity contribution in [2.24, 2.45) is 0 Å². The smallest absolute Gasteiger partial charge is 0.333 e. The summed E-state index contributed by atoms with van der Waals surface area (Å²) in [7, 11) is -3.27. The normalized spacial score (nSPS) is 12.8. The predicted molar refractivity (Wildman–Crippen MR) is 104 cm³/mol. The van der Waals surface area contributed by atoms with Gasteiger partial charge in [-0.2, -0.15) is 0 Å². The molecule has 142 valence electrons. The molecule has 0 bridgehead atoms. The third kappa shape index (κ3) is 5.31. The summed E-state index contributed by atoms with van der Waals surface area (Å²) in [6, 6.07) is 7.18. The molecule has 0 radical (unpaired) electrons. The lowest BCUT2D eigenvalue weighted by atomic mass is 10.0. The van der Waals surface area contributed by atoms with E-state index in [0.717, 1.165) is 22.4 Å². The molecule has 0 aliphatic heterocycles. The second kappa shape index (κ2) is 9.17. The molecular weight excluding hydrogens is 351 g/mol. The lowest BCUT2D eigenvalue weighted by Gasteiger charge is -2.26. The number of pyridine rings is 1. The molecule has 7 heteroatoms. The summed E-state index contributed by atoms with van der Waals surface area (Å²) in [6.07, 6.45) is 3.58. The lowest BCUT2D eigenvalue weighted by Crippen LogP contribution is -2.18. The van der Waals surface area contributed by atoms with Crippen molar-refractivity contribution in [1.82, 2.24) is 4.98 Å². The van der Waals surface area contributed by atoms with Crippen molar-refractivity contribution in [2.75, 3.05) is 24.7 Å². The van der Waals surface area contributed by atoms with Gasteiger partial charge in [-0.05, 0) is 56.5 Å². The topological polar surface area (TPSA) is 80.7 Å². The molecule has 1 unspecified atom stereocenters. The summed E-state index contributed by atoms with van der Waals surface area (Å²) >= 11 is 0. The van der Waals surface area contributed by atoms with Gasteiger partial charge in [0, 0.05) is 12.4 Å². The molecule has 2 rings (SSSR count). The van der Waals surface area contributed by atoms with Crippen LogP contribution in [-0.4, -0.2) is 29.5 Å². The van der Waals surface area contributed by atoms with Crippen molar-refractivity contribution in [3.8, 4) is 5.75 Å². The summed E-state index contributed by atoms with van der Waals surface area (Å²) in [6.45, 7) is 7.90. The van der Waals surface area contributed by atoms with Crippen LogP contribution in [0.1, 0.15) is 36.6 Å². The van der Waals surface area contributed by atoms with E-state index in [1.165, 1.54) is 0 Å². The second-order valence-corrected chi connectivity index (χ2v) is 8.17. The average Bonchev–Trinajstić information content (AvgIpc) is 2.60. The number of aromatic nitrogens is 1. The van der Waals surface area contributed by atoms with Gasteiger partial charge in [-0.25, -0.2) is 0 Å². The number of nitrogens with zero attached hydrogens (tertiary/aromatic N) is 1. The number of nitrogens with one attached hydrogen (secondary N) is 1. The molecule has 0 aliphatic rings. The van der Waals surface area contributed by atoms with Gasteiger partial charge in [-0.3, -0.25) is 9.55 Å². The van der Waals surface area contributed by atoms with Crippen molar-refractivity contribution in [2.45, 2.75) is 33.7 Å². The van der Waals surface area contributed by atoms with Crippen LogP contribution in [0.4, 0.5) is 5.69 Å². The number of aromatic hydroxyl groups is 1. The van der Waals surface area contributed by atoms with E-state index in [1.54, 1.807) is 26.2 Å². The Morgan fingerprint density at radius 3 is 2.31 bits per heavy atom. The summed E-state index contributed by atoms with van der Waals surface area (Å²) in [5, 5.41) is 13.4. The molecule has 0 aliphatic carbocycles. The Kier molecular flexibility index (Phi) is 7.21. The van der Waals surface area contributed by atoms with Crippen LogP contribution in [0.3, 0.4) is 0 Å². The first kappa shape index (κ1) is 20.4. The van der Waals surface area contributed by atoms with Crippen molar-refractivity contribution in [1.29, 1.82) is 0 Å². The van der Waals surface area contributed by atoms with E-state index >= 15 is 0 Å². The Labute approximate surface area is 155 Å². The van der Waals surface area contributed by atoms with Crippen LogP contribution in [0.2, 0.25) is 0 Å². The first-order valence-corrected chi connectivity index (χ1v) is 10.5.